The number of esters is 1. The smallest absolute Gasteiger partial charge is 0.338 e. The molecule has 132 valence electrons. The van der Waals surface area contributed by atoms with Crippen LogP contribution in [0, 0.1) is 13.8 Å². The Kier molecular flexibility index (Phi) is 6.94. The highest BCUT2D eigenvalue weighted by Gasteiger charge is 2.09. The van der Waals surface area contributed by atoms with E-state index in [9.17, 15) is 9.59 Å². The Balaban J connectivity index is 1.86. The van der Waals surface area contributed by atoms with E-state index in [0.29, 0.717) is 23.0 Å². The van der Waals surface area contributed by atoms with Crippen molar-refractivity contribution >= 4 is 29.3 Å². The lowest BCUT2D eigenvalue weighted by molar-refractivity contribution is -0.113. The fraction of sp³-hybridized carbons (Fsp3) is 0.333. The largest absolute Gasteiger partial charge is 0.462 e. The fourth-order valence-electron chi connectivity index (χ4n) is 2.05. The van der Waals surface area contributed by atoms with Crippen LogP contribution in [0.25, 0.3) is 0 Å². The lowest BCUT2D eigenvalue weighted by atomic mass is 10.2. The van der Waals surface area contributed by atoms with Gasteiger partial charge in [0.1, 0.15) is 0 Å². The molecular weight excluding hydrogens is 338 g/mol. The zero-order valence-corrected chi connectivity index (χ0v) is 15.4. The van der Waals surface area contributed by atoms with Gasteiger partial charge in [0.25, 0.3) is 0 Å². The summed E-state index contributed by atoms with van der Waals surface area (Å²) in [5, 5.41) is 3.37. The van der Waals surface area contributed by atoms with Gasteiger partial charge in [0.05, 0.1) is 17.9 Å². The average molecular weight is 359 g/mol. The summed E-state index contributed by atoms with van der Waals surface area (Å²) in [5.74, 6) is -0.306. The van der Waals surface area contributed by atoms with E-state index < -0.39 is 0 Å². The first kappa shape index (κ1) is 18.9. The molecule has 1 amide bonds. The Morgan fingerprint density at radius 1 is 1.12 bits per heavy atom. The third-order valence-electron chi connectivity index (χ3n) is 3.14. The molecule has 0 fully saturated rings. The minimum Gasteiger partial charge on any atom is -0.462 e. The number of rotatable bonds is 7. The van der Waals surface area contributed by atoms with Crippen LogP contribution in [0.2, 0.25) is 0 Å². The number of thioether (sulfide) groups is 1. The molecule has 0 radical (unpaired) electrons. The standard InChI is InChI=1S/C18H21N3O3S/c1-4-9-24-17(23)14-5-7-15(8-6-14)21-16(22)11-25-18-19-12(2)10-13(3)20-18/h5-8,10H,4,9,11H2,1-3H3,(H,21,22). The Labute approximate surface area is 151 Å². The number of hydrogen-bond acceptors (Lipinski definition) is 6. The molecule has 1 aromatic carbocycles. The number of nitrogens with zero attached hydrogens (tertiary/aromatic N) is 2. The monoisotopic (exact) mass is 359 g/mol. The highest BCUT2D eigenvalue weighted by atomic mass is 32.2. The minimum absolute atomic E-state index is 0.158. The maximum absolute atomic E-state index is 12.0. The van der Waals surface area contributed by atoms with Gasteiger partial charge in [0.2, 0.25) is 5.91 Å². The van der Waals surface area contributed by atoms with E-state index in [1.165, 1.54) is 11.8 Å². The maximum atomic E-state index is 12.0. The van der Waals surface area contributed by atoms with E-state index in [1.54, 1.807) is 24.3 Å². The highest BCUT2D eigenvalue weighted by molar-refractivity contribution is 7.99. The van der Waals surface area contributed by atoms with Crippen molar-refractivity contribution in [2.45, 2.75) is 32.3 Å². The topological polar surface area (TPSA) is 81.2 Å². The van der Waals surface area contributed by atoms with Crippen molar-refractivity contribution in [2.75, 3.05) is 17.7 Å². The van der Waals surface area contributed by atoms with Crippen LogP contribution in [0.1, 0.15) is 35.1 Å². The minimum atomic E-state index is -0.359. The van der Waals surface area contributed by atoms with Gasteiger partial charge in [0.15, 0.2) is 5.16 Å². The van der Waals surface area contributed by atoms with Gasteiger partial charge in [0, 0.05) is 17.1 Å². The molecule has 0 aliphatic heterocycles. The number of aryl methyl sites for hydroxylation is 2. The number of amides is 1. The molecular formula is C18H21N3O3S. The number of carbonyl (C=O) groups is 2. The highest BCUT2D eigenvalue weighted by Crippen LogP contribution is 2.16. The summed E-state index contributed by atoms with van der Waals surface area (Å²) in [4.78, 5) is 32.3. The third kappa shape index (κ3) is 6.19. The van der Waals surface area contributed by atoms with Crippen LogP contribution < -0.4 is 5.32 Å². The molecule has 0 saturated heterocycles. The summed E-state index contributed by atoms with van der Waals surface area (Å²) in [7, 11) is 0. The van der Waals surface area contributed by atoms with Crippen LogP contribution in [0.4, 0.5) is 5.69 Å². The van der Waals surface area contributed by atoms with E-state index in [1.807, 2.05) is 26.8 Å². The van der Waals surface area contributed by atoms with Gasteiger partial charge in [-0.25, -0.2) is 14.8 Å². The molecule has 0 spiro atoms. The van der Waals surface area contributed by atoms with Gasteiger partial charge in [-0.2, -0.15) is 0 Å². The number of hydrogen-bond donors (Lipinski definition) is 1. The van der Waals surface area contributed by atoms with Gasteiger partial charge in [-0.3, -0.25) is 4.79 Å². The van der Waals surface area contributed by atoms with Crippen molar-refractivity contribution in [2.24, 2.45) is 0 Å². The SMILES string of the molecule is CCCOC(=O)c1ccc(NC(=O)CSc2nc(C)cc(C)n2)cc1. The molecule has 2 aromatic rings. The molecule has 1 N–H and O–H groups in total. The van der Waals surface area contributed by atoms with E-state index in [4.69, 9.17) is 4.74 Å². The molecule has 6 nitrogen and oxygen atoms in total. The quantitative estimate of drug-likeness (QED) is 0.464. The third-order valence-corrected chi connectivity index (χ3v) is 3.98. The zero-order chi connectivity index (χ0) is 18.2. The predicted molar refractivity (Wildman–Crippen MR) is 97.9 cm³/mol. The van der Waals surface area contributed by atoms with E-state index in [-0.39, 0.29) is 17.6 Å². The normalized spacial score (nSPS) is 10.4. The van der Waals surface area contributed by atoms with Gasteiger partial charge in [-0.1, -0.05) is 18.7 Å². The van der Waals surface area contributed by atoms with Gasteiger partial charge < -0.3 is 10.1 Å². The van der Waals surface area contributed by atoms with Crippen molar-refractivity contribution in [1.29, 1.82) is 0 Å². The summed E-state index contributed by atoms with van der Waals surface area (Å²) >= 11 is 1.28. The first-order chi connectivity index (χ1) is 12.0. The van der Waals surface area contributed by atoms with Crippen molar-refractivity contribution in [1.82, 2.24) is 9.97 Å². The molecule has 0 saturated carbocycles. The van der Waals surface area contributed by atoms with Crippen molar-refractivity contribution in [3.8, 4) is 0 Å². The molecule has 0 aliphatic carbocycles. The molecule has 25 heavy (non-hydrogen) atoms. The molecule has 7 heteroatoms. The van der Waals surface area contributed by atoms with Crippen LogP contribution in [-0.2, 0) is 9.53 Å². The second kappa shape index (κ2) is 9.17. The Hall–Kier alpha value is -2.41. The molecule has 0 bridgehead atoms. The Morgan fingerprint density at radius 2 is 1.76 bits per heavy atom. The lowest BCUT2D eigenvalue weighted by Gasteiger charge is -2.07. The van der Waals surface area contributed by atoms with E-state index >= 15 is 0 Å². The molecule has 1 aromatic heterocycles. The summed E-state index contributed by atoms with van der Waals surface area (Å²) < 4.78 is 5.06. The number of nitrogens with one attached hydrogen (secondary N) is 1. The van der Waals surface area contributed by atoms with Crippen LogP contribution in [-0.4, -0.2) is 34.2 Å². The van der Waals surface area contributed by atoms with Crippen LogP contribution in [0.5, 0.6) is 0 Å². The fourth-order valence-corrected chi connectivity index (χ4v) is 2.80. The second-order valence-electron chi connectivity index (χ2n) is 5.48. The molecule has 0 unspecified atom stereocenters. The van der Waals surface area contributed by atoms with Crippen molar-refractivity contribution in [3.05, 3.63) is 47.3 Å². The van der Waals surface area contributed by atoms with Crippen molar-refractivity contribution in [3.63, 3.8) is 0 Å². The number of benzene rings is 1. The van der Waals surface area contributed by atoms with Gasteiger partial charge in [-0.05, 0) is 50.6 Å². The Bertz CT molecular complexity index is 727. The number of ether oxygens (including phenoxy) is 1. The average Bonchev–Trinajstić information content (AvgIpc) is 2.58. The summed E-state index contributed by atoms with van der Waals surface area (Å²) in [5.41, 5.74) is 2.84. The van der Waals surface area contributed by atoms with Crippen LogP contribution in [0.15, 0.2) is 35.5 Å². The van der Waals surface area contributed by atoms with Crippen molar-refractivity contribution < 1.29 is 14.3 Å². The lowest BCUT2D eigenvalue weighted by Crippen LogP contribution is -2.14. The number of carbonyl (C=O) groups excluding carboxylic acids is 2. The second-order valence-corrected chi connectivity index (χ2v) is 6.43. The van der Waals surface area contributed by atoms with E-state index in [0.717, 1.165) is 17.8 Å². The molecule has 1 heterocycles. The summed E-state index contributed by atoms with van der Waals surface area (Å²) in [6.07, 6.45) is 0.779. The molecule has 2 rings (SSSR count). The van der Waals surface area contributed by atoms with E-state index in [2.05, 4.69) is 15.3 Å². The number of aromatic nitrogens is 2. The van der Waals surface area contributed by atoms with Crippen LogP contribution in [0.3, 0.4) is 0 Å². The first-order valence-electron chi connectivity index (χ1n) is 8.00. The van der Waals surface area contributed by atoms with Gasteiger partial charge in [-0.15, -0.1) is 0 Å². The summed E-state index contributed by atoms with van der Waals surface area (Å²) in [6, 6.07) is 8.51. The predicted octanol–water partition coefficient (Wildman–Crippen LogP) is 3.39. The van der Waals surface area contributed by atoms with Crippen LogP contribution >= 0.6 is 11.8 Å². The first-order valence-corrected chi connectivity index (χ1v) is 8.98. The molecule has 0 atom stereocenters. The van der Waals surface area contributed by atoms with Gasteiger partial charge >= 0.3 is 5.97 Å². The summed E-state index contributed by atoms with van der Waals surface area (Å²) in [6.45, 7) is 6.12. The number of anilines is 1. The zero-order valence-electron chi connectivity index (χ0n) is 14.5. The maximum Gasteiger partial charge on any atom is 0.338 e. The Morgan fingerprint density at radius 3 is 2.36 bits per heavy atom. The molecule has 0 aliphatic rings.